The van der Waals surface area contributed by atoms with Crippen LogP contribution in [0.1, 0.15) is 24.1 Å². The normalized spacial score (nSPS) is 12.3. The first-order chi connectivity index (χ1) is 9.60. The molecule has 0 aromatic heterocycles. The van der Waals surface area contributed by atoms with Gasteiger partial charge in [-0.15, -0.1) is 0 Å². The zero-order valence-corrected chi connectivity index (χ0v) is 12.0. The highest BCUT2D eigenvalue weighted by atomic mass is 35.5. The highest BCUT2D eigenvalue weighted by molar-refractivity contribution is 6.30. The zero-order chi connectivity index (χ0) is 14.5. The Hall–Kier alpha value is -1.58. The van der Waals surface area contributed by atoms with Crippen LogP contribution in [-0.2, 0) is 6.42 Å². The number of halogens is 2. The number of nitrogens with one attached hydrogen (secondary N) is 1. The van der Waals surface area contributed by atoms with Crippen LogP contribution in [0.4, 0.5) is 4.39 Å². The Balaban J connectivity index is 2.24. The minimum Gasteiger partial charge on any atom is -0.508 e. The van der Waals surface area contributed by atoms with Crippen molar-refractivity contribution >= 4 is 11.6 Å². The van der Waals surface area contributed by atoms with E-state index in [1.807, 2.05) is 19.1 Å². The average Bonchev–Trinajstić information content (AvgIpc) is 2.41. The SMILES string of the molecule is CCNC(Cc1cccc(O)c1)c1ccc(F)c(Cl)c1. The van der Waals surface area contributed by atoms with Crippen LogP contribution in [0.2, 0.25) is 5.02 Å². The lowest BCUT2D eigenvalue weighted by atomic mass is 9.98. The number of hydrogen-bond acceptors (Lipinski definition) is 2. The molecule has 2 nitrogen and oxygen atoms in total. The Morgan fingerprint density at radius 2 is 2.05 bits per heavy atom. The van der Waals surface area contributed by atoms with Crippen LogP contribution in [0.15, 0.2) is 42.5 Å². The Morgan fingerprint density at radius 3 is 2.70 bits per heavy atom. The molecule has 0 aliphatic heterocycles. The van der Waals surface area contributed by atoms with E-state index in [4.69, 9.17) is 11.6 Å². The van der Waals surface area contributed by atoms with Gasteiger partial charge in [-0.05, 0) is 48.4 Å². The maximum Gasteiger partial charge on any atom is 0.141 e. The smallest absolute Gasteiger partial charge is 0.141 e. The van der Waals surface area contributed by atoms with Crippen molar-refractivity contribution in [3.8, 4) is 5.75 Å². The lowest BCUT2D eigenvalue weighted by Crippen LogP contribution is -2.23. The van der Waals surface area contributed by atoms with E-state index >= 15 is 0 Å². The lowest BCUT2D eigenvalue weighted by Gasteiger charge is -2.19. The summed E-state index contributed by atoms with van der Waals surface area (Å²) < 4.78 is 13.2. The average molecular weight is 294 g/mol. The van der Waals surface area contributed by atoms with Gasteiger partial charge in [-0.25, -0.2) is 4.39 Å². The quantitative estimate of drug-likeness (QED) is 0.871. The van der Waals surface area contributed by atoms with Gasteiger partial charge in [0.15, 0.2) is 0 Å². The summed E-state index contributed by atoms with van der Waals surface area (Å²) >= 11 is 5.84. The van der Waals surface area contributed by atoms with Crippen molar-refractivity contribution in [2.75, 3.05) is 6.54 Å². The topological polar surface area (TPSA) is 32.3 Å². The maximum atomic E-state index is 13.2. The Kier molecular flexibility index (Phi) is 4.99. The molecule has 1 atom stereocenters. The summed E-state index contributed by atoms with van der Waals surface area (Å²) in [5.41, 5.74) is 1.94. The Bertz CT molecular complexity index is 588. The molecule has 0 aliphatic carbocycles. The summed E-state index contributed by atoms with van der Waals surface area (Å²) in [6.45, 7) is 2.80. The van der Waals surface area contributed by atoms with E-state index in [9.17, 15) is 9.50 Å². The largest absolute Gasteiger partial charge is 0.508 e. The molecule has 0 fully saturated rings. The van der Waals surface area contributed by atoms with Gasteiger partial charge in [-0.3, -0.25) is 0 Å². The summed E-state index contributed by atoms with van der Waals surface area (Å²) in [4.78, 5) is 0. The van der Waals surface area contributed by atoms with Crippen molar-refractivity contribution in [1.29, 1.82) is 0 Å². The molecule has 2 rings (SSSR count). The molecule has 0 bridgehead atoms. The minimum absolute atomic E-state index is 0.0277. The number of hydrogen-bond donors (Lipinski definition) is 2. The van der Waals surface area contributed by atoms with E-state index < -0.39 is 5.82 Å². The highest BCUT2D eigenvalue weighted by Crippen LogP contribution is 2.24. The summed E-state index contributed by atoms with van der Waals surface area (Å²) in [6.07, 6.45) is 0.699. The molecular weight excluding hydrogens is 277 g/mol. The molecule has 0 amide bonds. The first-order valence-corrected chi connectivity index (χ1v) is 6.94. The first kappa shape index (κ1) is 14.8. The number of likely N-dealkylation sites (N-methyl/N-ethyl adjacent to an activating group) is 1. The third-order valence-corrected chi connectivity index (χ3v) is 3.44. The van der Waals surface area contributed by atoms with Crippen LogP contribution in [0.5, 0.6) is 5.75 Å². The molecule has 2 N–H and O–H groups in total. The molecule has 20 heavy (non-hydrogen) atoms. The van der Waals surface area contributed by atoms with Gasteiger partial charge in [0.05, 0.1) is 5.02 Å². The third kappa shape index (κ3) is 3.71. The fourth-order valence-corrected chi connectivity index (χ4v) is 2.39. The van der Waals surface area contributed by atoms with E-state index in [2.05, 4.69) is 5.32 Å². The molecule has 0 saturated carbocycles. The number of aromatic hydroxyl groups is 1. The molecule has 4 heteroatoms. The number of benzene rings is 2. The second-order valence-electron chi connectivity index (χ2n) is 4.66. The van der Waals surface area contributed by atoms with Crippen LogP contribution in [0.3, 0.4) is 0 Å². The fraction of sp³-hybridized carbons (Fsp3) is 0.250. The first-order valence-electron chi connectivity index (χ1n) is 6.56. The summed E-state index contributed by atoms with van der Waals surface area (Å²) in [7, 11) is 0. The van der Waals surface area contributed by atoms with E-state index in [-0.39, 0.29) is 16.8 Å². The molecule has 0 heterocycles. The van der Waals surface area contributed by atoms with Gasteiger partial charge < -0.3 is 10.4 Å². The van der Waals surface area contributed by atoms with Crippen molar-refractivity contribution in [1.82, 2.24) is 5.32 Å². The number of rotatable bonds is 5. The van der Waals surface area contributed by atoms with Crippen LogP contribution in [0.25, 0.3) is 0 Å². The maximum absolute atomic E-state index is 13.2. The van der Waals surface area contributed by atoms with Crippen molar-refractivity contribution in [2.24, 2.45) is 0 Å². The van der Waals surface area contributed by atoms with Crippen LogP contribution < -0.4 is 5.32 Å². The predicted molar refractivity (Wildman–Crippen MR) is 79.6 cm³/mol. The molecule has 2 aromatic rings. The van der Waals surface area contributed by atoms with Crippen LogP contribution in [-0.4, -0.2) is 11.7 Å². The van der Waals surface area contributed by atoms with Crippen LogP contribution in [0, 0.1) is 5.82 Å². The third-order valence-electron chi connectivity index (χ3n) is 3.15. The van der Waals surface area contributed by atoms with Gasteiger partial charge in [0.1, 0.15) is 11.6 Å². The molecule has 1 unspecified atom stereocenters. The highest BCUT2D eigenvalue weighted by Gasteiger charge is 2.13. The van der Waals surface area contributed by atoms with Gasteiger partial charge in [0.2, 0.25) is 0 Å². The molecule has 106 valence electrons. The van der Waals surface area contributed by atoms with Crippen LogP contribution >= 0.6 is 11.6 Å². The van der Waals surface area contributed by atoms with Gasteiger partial charge in [0.25, 0.3) is 0 Å². The van der Waals surface area contributed by atoms with E-state index in [0.717, 1.165) is 17.7 Å². The molecule has 0 spiro atoms. The molecule has 0 radical (unpaired) electrons. The van der Waals surface area contributed by atoms with Crippen molar-refractivity contribution in [3.05, 3.63) is 64.4 Å². The van der Waals surface area contributed by atoms with Crippen molar-refractivity contribution < 1.29 is 9.50 Å². The zero-order valence-electron chi connectivity index (χ0n) is 11.2. The van der Waals surface area contributed by atoms with E-state index in [1.54, 1.807) is 24.3 Å². The molecule has 0 saturated heterocycles. The van der Waals surface area contributed by atoms with Gasteiger partial charge in [0, 0.05) is 6.04 Å². The Labute approximate surface area is 123 Å². The second kappa shape index (κ2) is 6.73. The summed E-state index contributed by atoms with van der Waals surface area (Å²) in [5.74, 6) is -0.169. The summed E-state index contributed by atoms with van der Waals surface area (Å²) in [6, 6.07) is 11.9. The second-order valence-corrected chi connectivity index (χ2v) is 5.07. The predicted octanol–water partition coefficient (Wildman–Crippen LogP) is 4.08. The van der Waals surface area contributed by atoms with Gasteiger partial charge in [-0.2, -0.15) is 0 Å². The standard InChI is InChI=1S/C16H17ClFNO/c1-2-19-16(9-11-4-3-5-13(20)8-11)12-6-7-15(18)14(17)10-12/h3-8,10,16,19-20H,2,9H2,1H3. The van der Waals surface area contributed by atoms with E-state index in [0.29, 0.717) is 6.42 Å². The summed E-state index contributed by atoms with van der Waals surface area (Å²) in [5, 5.41) is 13.0. The van der Waals surface area contributed by atoms with Crippen molar-refractivity contribution in [3.63, 3.8) is 0 Å². The van der Waals surface area contributed by atoms with E-state index in [1.165, 1.54) is 6.07 Å². The Morgan fingerprint density at radius 1 is 1.25 bits per heavy atom. The van der Waals surface area contributed by atoms with Gasteiger partial charge >= 0.3 is 0 Å². The minimum atomic E-state index is -0.414. The monoisotopic (exact) mass is 293 g/mol. The molecule has 2 aromatic carbocycles. The number of phenolic OH excluding ortho intramolecular Hbond substituents is 1. The number of phenols is 1. The van der Waals surface area contributed by atoms with Gasteiger partial charge in [-0.1, -0.05) is 36.7 Å². The molecular formula is C16H17ClFNO. The lowest BCUT2D eigenvalue weighted by molar-refractivity contribution is 0.473. The fourth-order valence-electron chi connectivity index (χ4n) is 2.20. The molecule has 0 aliphatic rings. The van der Waals surface area contributed by atoms with Crippen molar-refractivity contribution in [2.45, 2.75) is 19.4 Å².